The number of ether oxygens (including phenoxy) is 3. The molecule has 1 fully saturated rings. The fourth-order valence-electron chi connectivity index (χ4n) is 4.32. The SMILES string of the molecule is CC(C)Oc1ncc(COc2ccc3c(c2)OCC(CN2CCC[C@@H](C(=O)O)C2)=C3)cc1C(F)(F)F.Cl. The number of likely N-dealkylation sites (tertiary alicyclic amines) is 1. The molecule has 1 atom stereocenters. The lowest BCUT2D eigenvalue weighted by atomic mass is 9.97. The van der Waals surface area contributed by atoms with Gasteiger partial charge in [-0.2, -0.15) is 13.2 Å². The summed E-state index contributed by atoms with van der Waals surface area (Å²) < 4.78 is 57.2. The number of piperidine rings is 1. The highest BCUT2D eigenvalue weighted by Gasteiger charge is 2.36. The van der Waals surface area contributed by atoms with Crippen molar-refractivity contribution < 1.29 is 37.3 Å². The number of benzene rings is 1. The summed E-state index contributed by atoms with van der Waals surface area (Å²) in [7, 11) is 0. The predicted molar refractivity (Wildman–Crippen MR) is 133 cm³/mol. The van der Waals surface area contributed by atoms with Crippen molar-refractivity contribution in [3.63, 3.8) is 0 Å². The molecule has 0 saturated carbocycles. The van der Waals surface area contributed by atoms with Crippen molar-refractivity contribution in [1.29, 1.82) is 0 Å². The van der Waals surface area contributed by atoms with Gasteiger partial charge in [0.05, 0.1) is 12.0 Å². The Morgan fingerprint density at radius 2 is 2.08 bits per heavy atom. The van der Waals surface area contributed by atoms with Crippen molar-refractivity contribution in [2.75, 3.05) is 26.2 Å². The predicted octanol–water partition coefficient (Wildman–Crippen LogP) is 5.46. The molecule has 1 aromatic heterocycles. The number of pyridine rings is 1. The smallest absolute Gasteiger partial charge is 0.421 e. The third-order valence-electron chi connectivity index (χ3n) is 6.01. The maximum atomic E-state index is 13.5. The third-order valence-corrected chi connectivity index (χ3v) is 6.01. The molecule has 3 heterocycles. The number of fused-ring (bicyclic) bond motifs is 1. The molecule has 0 aliphatic carbocycles. The Balaban J connectivity index is 0.00000380. The van der Waals surface area contributed by atoms with E-state index in [0.717, 1.165) is 30.2 Å². The van der Waals surface area contributed by atoms with Crippen molar-refractivity contribution in [2.45, 2.75) is 45.6 Å². The Morgan fingerprint density at radius 3 is 2.78 bits per heavy atom. The van der Waals surface area contributed by atoms with Crippen LogP contribution in [0, 0.1) is 5.92 Å². The van der Waals surface area contributed by atoms with Gasteiger partial charge in [-0.3, -0.25) is 9.69 Å². The minimum absolute atomic E-state index is 0. The largest absolute Gasteiger partial charge is 0.489 e. The summed E-state index contributed by atoms with van der Waals surface area (Å²) in [6.07, 6.45) is -0.134. The van der Waals surface area contributed by atoms with Gasteiger partial charge in [0.15, 0.2) is 0 Å². The van der Waals surface area contributed by atoms with E-state index < -0.39 is 29.7 Å². The molecular formula is C26H30ClF3N2O5. The van der Waals surface area contributed by atoms with Gasteiger partial charge in [0.1, 0.15) is 30.3 Å². The summed E-state index contributed by atoms with van der Waals surface area (Å²) in [5.74, 6) is -0.460. The molecule has 1 N–H and O–H groups in total. The molecule has 0 unspecified atom stereocenters. The first-order valence-electron chi connectivity index (χ1n) is 11.9. The van der Waals surface area contributed by atoms with Crippen LogP contribution in [0.2, 0.25) is 0 Å². The number of rotatable bonds is 8. The molecule has 11 heteroatoms. The Hall–Kier alpha value is -2.98. The number of alkyl halides is 3. The second-order valence-electron chi connectivity index (χ2n) is 9.35. The fraction of sp³-hybridized carbons (Fsp3) is 0.462. The quantitative estimate of drug-likeness (QED) is 0.474. The summed E-state index contributed by atoms with van der Waals surface area (Å²) in [4.78, 5) is 17.3. The molecule has 1 aromatic carbocycles. The monoisotopic (exact) mass is 542 g/mol. The average Bonchev–Trinajstić information content (AvgIpc) is 2.82. The molecule has 0 spiro atoms. The van der Waals surface area contributed by atoms with Crippen LogP contribution in [0.15, 0.2) is 36.0 Å². The molecule has 0 radical (unpaired) electrons. The second-order valence-corrected chi connectivity index (χ2v) is 9.35. The minimum atomic E-state index is -4.60. The van der Waals surface area contributed by atoms with Crippen LogP contribution >= 0.6 is 12.4 Å². The van der Waals surface area contributed by atoms with Crippen LogP contribution in [-0.4, -0.2) is 53.3 Å². The summed E-state index contributed by atoms with van der Waals surface area (Å²) in [6, 6.07) is 6.26. The molecule has 7 nitrogen and oxygen atoms in total. The molecule has 1 saturated heterocycles. The van der Waals surface area contributed by atoms with Crippen LogP contribution in [-0.2, 0) is 17.6 Å². The normalized spacial score (nSPS) is 17.8. The Bertz CT molecular complexity index is 1140. The van der Waals surface area contributed by atoms with Crippen molar-refractivity contribution in [2.24, 2.45) is 5.92 Å². The van der Waals surface area contributed by atoms with Gasteiger partial charge in [0.2, 0.25) is 5.88 Å². The number of hydrogen-bond donors (Lipinski definition) is 1. The van der Waals surface area contributed by atoms with Crippen LogP contribution in [0.3, 0.4) is 0 Å². The zero-order valence-corrected chi connectivity index (χ0v) is 21.4. The lowest BCUT2D eigenvalue weighted by Crippen LogP contribution is -2.40. The van der Waals surface area contributed by atoms with E-state index in [1.807, 2.05) is 12.1 Å². The first-order valence-corrected chi connectivity index (χ1v) is 11.9. The van der Waals surface area contributed by atoms with E-state index in [1.165, 1.54) is 6.20 Å². The minimum Gasteiger partial charge on any atom is -0.489 e. The van der Waals surface area contributed by atoms with Gasteiger partial charge in [-0.05, 0) is 63.1 Å². The molecule has 2 aliphatic rings. The molecule has 0 bridgehead atoms. The number of aliphatic carboxylic acids is 1. The van der Waals surface area contributed by atoms with Gasteiger partial charge in [-0.1, -0.05) is 0 Å². The van der Waals surface area contributed by atoms with E-state index >= 15 is 0 Å². The van der Waals surface area contributed by atoms with E-state index in [1.54, 1.807) is 26.0 Å². The van der Waals surface area contributed by atoms with Crippen molar-refractivity contribution in [3.05, 3.63) is 52.7 Å². The van der Waals surface area contributed by atoms with Crippen LogP contribution in [0.4, 0.5) is 13.2 Å². The molecule has 4 rings (SSSR count). The van der Waals surface area contributed by atoms with Gasteiger partial charge in [-0.25, -0.2) is 4.98 Å². The third kappa shape index (κ3) is 7.52. The van der Waals surface area contributed by atoms with Crippen LogP contribution < -0.4 is 14.2 Å². The van der Waals surface area contributed by atoms with Gasteiger partial charge in [-0.15, -0.1) is 12.4 Å². The van der Waals surface area contributed by atoms with Crippen molar-refractivity contribution in [3.8, 4) is 17.4 Å². The fourth-order valence-corrected chi connectivity index (χ4v) is 4.32. The molecule has 2 aromatic rings. The van der Waals surface area contributed by atoms with E-state index in [0.29, 0.717) is 37.6 Å². The first-order chi connectivity index (χ1) is 17.1. The van der Waals surface area contributed by atoms with Crippen LogP contribution in [0.25, 0.3) is 6.08 Å². The zero-order valence-electron chi connectivity index (χ0n) is 20.6. The number of carbonyl (C=O) groups is 1. The molecular weight excluding hydrogens is 513 g/mol. The highest BCUT2D eigenvalue weighted by Crippen LogP contribution is 2.36. The number of nitrogens with zero attached hydrogens (tertiary/aromatic N) is 2. The van der Waals surface area contributed by atoms with Gasteiger partial charge in [0.25, 0.3) is 0 Å². The Kier molecular flexibility index (Phi) is 9.31. The average molecular weight is 543 g/mol. The molecule has 202 valence electrons. The Morgan fingerprint density at radius 1 is 1.30 bits per heavy atom. The second kappa shape index (κ2) is 12.0. The first kappa shape index (κ1) is 28.6. The lowest BCUT2D eigenvalue weighted by molar-refractivity contribution is -0.143. The summed E-state index contributed by atoms with van der Waals surface area (Å²) in [5.41, 5.74) is 1.25. The van der Waals surface area contributed by atoms with E-state index in [2.05, 4.69) is 9.88 Å². The molecule has 37 heavy (non-hydrogen) atoms. The zero-order chi connectivity index (χ0) is 25.9. The van der Waals surface area contributed by atoms with E-state index in [9.17, 15) is 23.1 Å². The standard InChI is InChI=1S/C26H29F3N2O5.ClH/c1-16(2)36-24-22(26(27,28)29)9-17(11-30-24)14-34-21-6-5-19-8-18(15-35-23(19)10-21)12-31-7-3-4-20(13-31)25(32)33;/h5-6,8-11,16,20H,3-4,7,12-15H2,1-2H3,(H,32,33);1H/t20-;/m1./s1. The van der Waals surface area contributed by atoms with Gasteiger partial charge >= 0.3 is 12.1 Å². The van der Waals surface area contributed by atoms with Crippen LogP contribution in [0.1, 0.15) is 43.4 Å². The number of aromatic nitrogens is 1. The number of carboxylic acids is 1. The number of halogens is 4. The van der Waals surface area contributed by atoms with Gasteiger partial charge in [0, 0.05) is 36.5 Å². The van der Waals surface area contributed by atoms with Crippen LogP contribution in [0.5, 0.6) is 17.4 Å². The van der Waals surface area contributed by atoms with E-state index in [4.69, 9.17) is 14.2 Å². The topological polar surface area (TPSA) is 81.1 Å². The molecule has 0 amide bonds. The summed E-state index contributed by atoms with van der Waals surface area (Å²) in [6.45, 7) is 5.58. The van der Waals surface area contributed by atoms with Crippen molar-refractivity contribution in [1.82, 2.24) is 9.88 Å². The number of carboxylic acid groups (broad SMARTS) is 1. The summed E-state index contributed by atoms with van der Waals surface area (Å²) >= 11 is 0. The maximum absolute atomic E-state index is 13.5. The Labute approximate surface area is 219 Å². The van der Waals surface area contributed by atoms with E-state index in [-0.39, 0.29) is 30.5 Å². The maximum Gasteiger partial charge on any atom is 0.421 e. The summed E-state index contributed by atoms with van der Waals surface area (Å²) in [5, 5.41) is 9.29. The molecule has 2 aliphatic heterocycles. The highest BCUT2D eigenvalue weighted by atomic mass is 35.5. The van der Waals surface area contributed by atoms with Gasteiger partial charge < -0.3 is 19.3 Å². The van der Waals surface area contributed by atoms with Crippen molar-refractivity contribution >= 4 is 24.5 Å². The number of hydrogen-bond acceptors (Lipinski definition) is 6. The lowest BCUT2D eigenvalue weighted by Gasteiger charge is -2.32. The highest BCUT2D eigenvalue weighted by molar-refractivity contribution is 5.85.